The molecule has 0 spiro atoms. The Morgan fingerprint density at radius 2 is 1.91 bits per heavy atom. The van der Waals surface area contributed by atoms with Crippen LogP contribution in [0.3, 0.4) is 0 Å². The smallest absolute Gasteiger partial charge is 0.234 e. The molecule has 1 N–H and O–H groups in total. The molecule has 1 aromatic rings. The van der Waals surface area contributed by atoms with E-state index in [2.05, 4.69) is 10.2 Å². The van der Waals surface area contributed by atoms with E-state index in [0.29, 0.717) is 19.6 Å². The van der Waals surface area contributed by atoms with Gasteiger partial charge in [0.25, 0.3) is 0 Å². The highest BCUT2D eigenvalue weighted by atomic mass is 32.1. The second-order valence-corrected chi connectivity index (χ2v) is 7.04. The van der Waals surface area contributed by atoms with Gasteiger partial charge in [0.15, 0.2) is 0 Å². The van der Waals surface area contributed by atoms with Crippen LogP contribution in [0, 0.1) is 5.92 Å². The van der Waals surface area contributed by atoms with Crippen molar-refractivity contribution in [3.05, 3.63) is 22.4 Å². The molecule has 122 valence electrons. The maximum absolute atomic E-state index is 12.1. The summed E-state index contributed by atoms with van der Waals surface area (Å²) in [6.45, 7) is 9.21. The highest BCUT2D eigenvalue weighted by molar-refractivity contribution is 7.10. The van der Waals surface area contributed by atoms with Gasteiger partial charge in [-0.1, -0.05) is 19.9 Å². The zero-order valence-corrected chi connectivity index (χ0v) is 14.4. The normalized spacial score (nSPS) is 17.5. The standard InChI is InChI=1S/C16H25N3O2S/c1-12(2)16(21)19-8-6-18(7-9-19)11-15(20)17-13(3)14-5-4-10-22-14/h4-5,10,12-13H,6-9,11H2,1-3H3,(H,17,20). The number of hydrogen-bond acceptors (Lipinski definition) is 4. The Bertz CT molecular complexity index is 493. The first-order chi connectivity index (χ1) is 10.5. The molecule has 0 bridgehead atoms. The Kier molecular flexibility index (Phi) is 5.97. The summed E-state index contributed by atoms with van der Waals surface area (Å²) in [6, 6.07) is 4.08. The molecule has 6 heteroatoms. The number of carbonyl (C=O) groups excluding carboxylic acids is 2. The van der Waals surface area contributed by atoms with Gasteiger partial charge < -0.3 is 10.2 Å². The van der Waals surface area contributed by atoms with E-state index in [9.17, 15) is 9.59 Å². The lowest BCUT2D eigenvalue weighted by atomic mass is 10.1. The predicted molar refractivity (Wildman–Crippen MR) is 88.7 cm³/mol. The fourth-order valence-corrected chi connectivity index (χ4v) is 3.32. The molecule has 1 saturated heterocycles. The van der Waals surface area contributed by atoms with E-state index in [-0.39, 0.29) is 23.8 Å². The molecule has 2 heterocycles. The number of carbonyl (C=O) groups is 2. The molecule has 2 amide bonds. The zero-order valence-electron chi connectivity index (χ0n) is 13.5. The van der Waals surface area contributed by atoms with E-state index in [0.717, 1.165) is 13.1 Å². The van der Waals surface area contributed by atoms with Gasteiger partial charge in [-0.2, -0.15) is 0 Å². The summed E-state index contributed by atoms with van der Waals surface area (Å²) in [4.78, 5) is 29.2. The molecule has 0 aliphatic carbocycles. The second-order valence-electron chi connectivity index (χ2n) is 6.06. The van der Waals surface area contributed by atoms with Crippen LogP contribution < -0.4 is 5.32 Å². The van der Waals surface area contributed by atoms with E-state index < -0.39 is 0 Å². The number of nitrogens with one attached hydrogen (secondary N) is 1. The third kappa shape index (κ3) is 4.55. The van der Waals surface area contributed by atoms with Crippen LogP contribution in [0.1, 0.15) is 31.7 Å². The molecule has 1 unspecified atom stereocenters. The van der Waals surface area contributed by atoms with Crippen molar-refractivity contribution in [1.29, 1.82) is 0 Å². The summed E-state index contributed by atoms with van der Waals surface area (Å²) >= 11 is 1.65. The van der Waals surface area contributed by atoms with Crippen molar-refractivity contribution in [3.8, 4) is 0 Å². The van der Waals surface area contributed by atoms with Crippen LogP contribution in [0.5, 0.6) is 0 Å². The van der Waals surface area contributed by atoms with Gasteiger partial charge in [-0.3, -0.25) is 14.5 Å². The summed E-state index contributed by atoms with van der Waals surface area (Å²) in [5.74, 6) is 0.293. The van der Waals surface area contributed by atoms with Crippen LogP contribution in [0.4, 0.5) is 0 Å². The monoisotopic (exact) mass is 323 g/mol. The van der Waals surface area contributed by atoms with Crippen LogP contribution in [-0.4, -0.2) is 54.3 Å². The van der Waals surface area contributed by atoms with Gasteiger partial charge in [-0.05, 0) is 18.4 Å². The molecule has 1 aliphatic heterocycles. The summed E-state index contributed by atoms with van der Waals surface area (Å²) in [6.07, 6.45) is 0. The van der Waals surface area contributed by atoms with Crippen molar-refractivity contribution in [1.82, 2.24) is 15.1 Å². The van der Waals surface area contributed by atoms with Crippen molar-refractivity contribution in [2.45, 2.75) is 26.8 Å². The van der Waals surface area contributed by atoms with E-state index in [4.69, 9.17) is 0 Å². The third-order valence-corrected chi connectivity index (χ3v) is 4.95. The minimum Gasteiger partial charge on any atom is -0.348 e. The summed E-state index contributed by atoms with van der Waals surface area (Å²) in [5, 5.41) is 5.05. The Balaban J connectivity index is 1.74. The fraction of sp³-hybridized carbons (Fsp3) is 0.625. The lowest BCUT2D eigenvalue weighted by molar-refractivity contribution is -0.136. The van der Waals surface area contributed by atoms with Crippen molar-refractivity contribution >= 4 is 23.2 Å². The minimum absolute atomic E-state index is 0.0431. The quantitative estimate of drug-likeness (QED) is 0.898. The largest absolute Gasteiger partial charge is 0.348 e. The van der Waals surface area contributed by atoms with Crippen LogP contribution in [-0.2, 0) is 9.59 Å². The van der Waals surface area contributed by atoms with E-state index in [1.54, 1.807) is 11.3 Å². The maximum Gasteiger partial charge on any atom is 0.234 e. The van der Waals surface area contributed by atoms with Gasteiger partial charge in [0.2, 0.25) is 11.8 Å². The average Bonchev–Trinajstić information content (AvgIpc) is 3.01. The van der Waals surface area contributed by atoms with Crippen molar-refractivity contribution in [3.63, 3.8) is 0 Å². The molecule has 1 atom stereocenters. The first kappa shape index (κ1) is 17.0. The first-order valence-corrected chi connectivity index (χ1v) is 8.69. The van der Waals surface area contributed by atoms with Gasteiger partial charge in [0, 0.05) is 37.0 Å². The molecule has 1 aliphatic rings. The van der Waals surface area contributed by atoms with Crippen LogP contribution in [0.15, 0.2) is 17.5 Å². The number of hydrogen-bond donors (Lipinski definition) is 1. The molecule has 5 nitrogen and oxygen atoms in total. The third-order valence-electron chi connectivity index (χ3n) is 3.89. The van der Waals surface area contributed by atoms with Gasteiger partial charge >= 0.3 is 0 Å². The average molecular weight is 323 g/mol. The van der Waals surface area contributed by atoms with Crippen LogP contribution in [0.25, 0.3) is 0 Å². The van der Waals surface area contributed by atoms with Crippen molar-refractivity contribution in [2.75, 3.05) is 32.7 Å². The molecule has 0 aromatic carbocycles. The maximum atomic E-state index is 12.1. The number of nitrogens with zero attached hydrogens (tertiary/aromatic N) is 2. The summed E-state index contributed by atoms with van der Waals surface area (Å²) < 4.78 is 0. The molecule has 0 saturated carbocycles. The molecule has 22 heavy (non-hydrogen) atoms. The van der Waals surface area contributed by atoms with Gasteiger partial charge in [0.1, 0.15) is 0 Å². The van der Waals surface area contributed by atoms with Gasteiger partial charge in [0.05, 0.1) is 12.6 Å². The minimum atomic E-state index is 0.0431. The molecule has 0 radical (unpaired) electrons. The predicted octanol–water partition coefficient (Wildman–Crippen LogP) is 1.73. The zero-order chi connectivity index (χ0) is 16.1. The molecule has 1 aromatic heterocycles. The molecular weight excluding hydrogens is 298 g/mol. The topological polar surface area (TPSA) is 52.7 Å². The molecule has 2 rings (SSSR count). The Morgan fingerprint density at radius 1 is 1.23 bits per heavy atom. The molecule has 1 fully saturated rings. The SMILES string of the molecule is CC(C)C(=O)N1CCN(CC(=O)NC(C)c2cccs2)CC1. The highest BCUT2D eigenvalue weighted by Gasteiger charge is 2.24. The van der Waals surface area contributed by atoms with E-state index >= 15 is 0 Å². The van der Waals surface area contributed by atoms with Crippen molar-refractivity contribution < 1.29 is 9.59 Å². The summed E-state index contributed by atoms with van der Waals surface area (Å²) in [7, 11) is 0. The Morgan fingerprint density at radius 3 is 2.45 bits per heavy atom. The van der Waals surface area contributed by atoms with Crippen LogP contribution in [0.2, 0.25) is 0 Å². The first-order valence-electron chi connectivity index (χ1n) is 7.81. The van der Waals surface area contributed by atoms with Gasteiger partial charge in [-0.25, -0.2) is 0 Å². The summed E-state index contributed by atoms with van der Waals surface area (Å²) in [5.41, 5.74) is 0. The fourth-order valence-electron chi connectivity index (χ4n) is 2.59. The lowest BCUT2D eigenvalue weighted by Crippen LogP contribution is -2.52. The Labute approximate surface area is 136 Å². The number of piperazine rings is 1. The lowest BCUT2D eigenvalue weighted by Gasteiger charge is -2.35. The number of rotatable bonds is 5. The highest BCUT2D eigenvalue weighted by Crippen LogP contribution is 2.18. The second kappa shape index (κ2) is 7.74. The number of thiophene rings is 1. The van der Waals surface area contributed by atoms with Crippen LogP contribution >= 0.6 is 11.3 Å². The molecular formula is C16H25N3O2S. The van der Waals surface area contributed by atoms with Gasteiger partial charge in [-0.15, -0.1) is 11.3 Å². The van der Waals surface area contributed by atoms with Crippen molar-refractivity contribution in [2.24, 2.45) is 5.92 Å². The van der Waals surface area contributed by atoms with E-state index in [1.165, 1.54) is 4.88 Å². The van der Waals surface area contributed by atoms with E-state index in [1.807, 2.05) is 43.2 Å². The Hall–Kier alpha value is -1.40. The number of amides is 2.